The van der Waals surface area contributed by atoms with Crippen LogP contribution in [0.5, 0.6) is 0 Å². The SMILES string of the molecule is Cl.O=C(NC1CCCc2ccccc21)C1COCCN1. The van der Waals surface area contributed by atoms with Crippen molar-refractivity contribution >= 4 is 18.3 Å². The average molecular weight is 297 g/mol. The molecule has 2 aliphatic rings. The van der Waals surface area contributed by atoms with Crippen molar-refractivity contribution in [1.82, 2.24) is 10.6 Å². The third-order valence-corrected chi connectivity index (χ3v) is 3.92. The molecule has 0 radical (unpaired) electrons. The smallest absolute Gasteiger partial charge is 0.240 e. The fourth-order valence-electron chi connectivity index (χ4n) is 2.91. The summed E-state index contributed by atoms with van der Waals surface area (Å²) in [7, 11) is 0. The molecule has 0 spiro atoms. The van der Waals surface area contributed by atoms with Gasteiger partial charge in [0, 0.05) is 6.54 Å². The van der Waals surface area contributed by atoms with Crippen molar-refractivity contribution in [2.45, 2.75) is 31.3 Å². The van der Waals surface area contributed by atoms with E-state index in [1.54, 1.807) is 0 Å². The molecule has 0 bridgehead atoms. The number of hydrogen-bond acceptors (Lipinski definition) is 3. The molecule has 1 amide bonds. The zero-order valence-electron chi connectivity index (χ0n) is 11.4. The molecule has 5 heteroatoms. The predicted octanol–water partition coefficient (Wildman–Crippen LogP) is 1.59. The summed E-state index contributed by atoms with van der Waals surface area (Å²) in [6.45, 7) is 1.91. The highest BCUT2D eigenvalue weighted by Crippen LogP contribution is 2.29. The van der Waals surface area contributed by atoms with Crippen LogP contribution in [0.15, 0.2) is 24.3 Å². The van der Waals surface area contributed by atoms with Gasteiger partial charge in [-0.2, -0.15) is 0 Å². The fraction of sp³-hybridized carbons (Fsp3) is 0.533. The number of rotatable bonds is 2. The van der Waals surface area contributed by atoms with Gasteiger partial charge in [0.15, 0.2) is 0 Å². The zero-order chi connectivity index (χ0) is 13.1. The van der Waals surface area contributed by atoms with E-state index in [-0.39, 0.29) is 30.4 Å². The Bertz CT molecular complexity index is 461. The number of carbonyl (C=O) groups excluding carboxylic acids is 1. The summed E-state index contributed by atoms with van der Waals surface area (Å²) in [5, 5.41) is 6.36. The van der Waals surface area contributed by atoms with Crippen molar-refractivity contribution in [3.63, 3.8) is 0 Å². The molecule has 2 N–H and O–H groups in total. The second kappa shape index (κ2) is 7.07. The lowest BCUT2D eigenvalue weighted by molar-refractivity contribution is -0.126. The van der Waals surface area contributed by atoms with E-state index in [2.05, 4.69) is 28.8 Å². The quantitative estimate of drug-likeness (QED) is 0.871. The van der Waals surface area contributed by atoms with Crippen LogP contribution in [0.2, 0.25) is 0 Å². The Labute approximate surface area is 125 Å². The third-order valence-electron chi connectivity index (χ3n) is 3.92. The number of amides is 1. The Balaban J connectivity index is 0.00000147. The van der Waals surface area contributed by atoms with Gasteiger partial charge >= 0.3 is 0 Å². The van der Waals surface area contributed by atoms with Crippen LogP contribution in [-0.4, -0.2) is 31.7 Å². The number of nitrogens with one attached hydrogen (secondary N) is 2. The lowest BCUT2D eigenvalue weighted by Crippen LogP contribution is -2.52. The van der Waals surface area contributed by atoms with E-state index >= 15 is 0 Å². The molecule has 1 heterocycles. The van der Waals surface area contributed by atoms with Crippen LogP contribution >= 0.6 is 12.4 Å². The Kier molecular flexibility index (Phi) is 5.40. The molecule has 0 saturated carbocycles. The second-order valence-corrected chi connectivity index (χ2v) is 5.23. The molecule has 3 rings (SSSR count). The highest BCUT2D eigenvalue weighted by Gasteiger charge is 2.26. The minimum Gasteiger partial charge on any atom is -0.378 e. The monoisotopic (exact) mass is 296 g/mol. The summed E-state index contributed by atoms with van der Waals surface area (Å²) in [6.07, 6.45) is 3.28. The first-order valence-electron chi connectivity index (χ1n) is 7.04. The zero-order valence-corrected chi connectivity index (χ0v) is 12.2. The van der Waals surface area contributed by atoms with Crippen LogP contribution in [0.3, 0.4) is 0 Å². The number of ether oxygens (including phenoxy) is 1. The highest BCUT2D eigenvalue weighted by molar-refractivity contribution is 5.85. The Morgan fingerprint density at radius 3 is 3.00 bits per heavy atom. The molecule has 2 unspecified atom stereocenters. The molecule has 1 aliphatic heterocycles. The van der Waals surface area contributed by atoms with Crippen molar-refractivity contribution in [1.29, 1.82) is 0 Å². The van der Waals surface area contributed by atoms with E-state index in [1.807, 2.05) is 6.07 Å². The van der Waals surface area contributed by atoms with E-state index in [0.29, 0.717) is 13.2 Å². The lowest BCUT2D eigenvalue weighted by atomic mass is 9.87. The molecule has 110 valence electrons. The highest BCUT2D eigenvalue weighted by atomic mass is 35.5. The van der Waals surface area contributed by atoms with E-state index in [4.69, 9.17) is 4.74 Å². The normalized spacial score (nSPS) is 25.2. The molecule has 1 aliphatic carbocycles. The largest absolute Gasteiger partial charge is 0.378 e. The number of carbonyl (C=O) groups is 1. The number of fused-ring (bicyclic) bond motifs is 1. The molecule has 0 aromatic heterocycles. The third kappa shape index (κ3) is 3.32. The maximum absolute atomic E-state index is 12.2. The number of aryl methyl sites for hydroxylation is 1. The molecular formula is C15H21ClN2O2. The topological polar surface area (TPSA) is 50.4 Å². The van der Waals surface area contributed by atoms with Gasteiger partial charge in [-0.05, 0) is 30.4 Å². The van der Waals surface area contributed by atoms with Crippen molar-refractivity contribution in [2.75, 3.05) is 19.8 Å². The maximum atomic E-state index is 12.2. The van der Waals surface area contributed by atoms with Gasteiger partial charge < -0.3 is 15.4 Å². The lowest BCUT2D eigenvalue weighted by Gasteiger charge is -2.29. The van der Waals surface area contributed by atoms with Crippen LogP contribution in [0, 0.1) is 0 Å². The van der Waals surface area contributed by atoms with Gasteiger partial charge in [0.2, 0.25) is 5.91 Å². The fourth-order valence-corrected chi connectivity index (χ4v) is 2.91. The summed E-state index contributed by atoms with van der Waals surface area (Å²) in [5.41, 5.74) is 2.64. The minimum atomic E-state index is -0.206. The van der Waals surface area contributed by atoms with Crippen LogP contribution in [0.25, 0.3) is 0 Å². The minimum absolute atomic E-state index is 0. The molecule has 1 saturated heterocycles. The van der Waals surface area contributed by atoms with Crippen molar-refractivity contribution in [2.24, 2.45) is 0 Å². The van der Waals surface area contributed by atoms with Crippen molar-refractivity contribution in [3.8, 4) is 0 Å². The standard InChI is InChI=1S/C15H20N2O2.ClH/c18-15(14-10-19-9-8-16-14)17-13-7-3-5-11-4-1-2-6-12(11)13;/h1-2,4,6,13-14,16H,3,5,7-10H2,(H,17,18);1H. The van der Waals surface area contributed by atoms with Gasteiger partial charge in [-0.1, -0.05) is 24.3 Å². The molecule has 1 fully saturated rings. The Morgan fingerprint density at radius 1 is 1.35 bits per heavy atom. The summed E-state index contributed by atoms with van der Waals surface area (Å²) in [6, 6.07) is 8.36. The summed E-state index contributed by atoms with van der Waals surface area (Å²) >= 11 is 0. The number of hydrogen-bond donors (Lipinski definition) is 2. The molecule has 1 aromatic rings. The molecule has 1 aromatic carbocycles. The van der Waals surface area contributed by atoms with Gasteiger partial charge in [-0.3, -0.25) is 4.79 Å². The van der Waals surface area contributed by atoms with Gasteiger partial charge in [-0.15, -0.1) is 12.4 Å². The van der Waals surface area contributed by atoms with Gasteiger partial charge in [0.25, 0.3) is 0 Å². The molecule has 4 nitrogen and oxygen atoms in total. The van der Waals surface area contributed by atoms with Gasteiger partial charge in [-0.25, -0.2) is 0 Å². The molecular weight excluding hydrogens is 276 g/mol. The first-order chi connectivity index (χ1) is 9.34. The Hall–Kier alpha value is -1.10. The van der Waals surface area contributed by atoms with E-state index in [9.17, 15) is 4.79 Å². The number of benzene rings is 1. The number of morpholine rings is 1. The Morgan fingerprint density at radius 2 is 2.20 bits per heavy atom. The van der Waals surface area contributed by atoms with Crippen molar-refractivity contribution < 1.29 is 9.53 Å². The van der Waals surface area contributed by atoms with E-state index in [0.717, 1.165) is 25.8 Å². The summed E-state index contributed by atoms with van der Waals surface area (Å²) in [5.74, 6) is 0.0569. The molecule has 2 atom stereocenters. The first-order valence-corrected chi connectivity index (χ1v) is 7.04. The summed E-state index contributed by atoms with van der Waals surface area (Å²) in [4.78, 5) is 12.2. The maximum Gasteiger partial charge on any atom is 0.240 e. The van der Waals surface area contributed by atoms with Gasteiger partial charge in [0.05, 0.1) is 19.3 Å². The number of halogens is 1. The van der Waals surface area contributed by atoms with Crippen molar-refractivity contribution in [3.05, 3.63) is 35.4 Å². The first kappa shape index (κ1) is 15.3. The van der Waals surface area contributed by atoms with Crippen LogP contribution in [0.1, 0.15) is 30.0 Å². The van der Waals surface area contributed by atoms with Crippen LogP contribution in [0.4, 0.5) is 0 Å². The van der Waals surface area contributed by atoms with E-state index in [1.165, 1.54) is 11.1 Å². The molecule has 20 heavy (non-hydrogen) atoms. The second-order valence-electron chi connectivity index (χ2n) is 5.23. The average Bonchev–Trinajstić information content (AvgIpc) is 2.48. The summed E-state index contributed by atoms with van der Waals surface area (Å²) < 4.78 is 5.34. The van der Waals surface area contributed by atoms with Gasteiger partial charge in [0.1, 0.15) is 6.04 Å². The van der Waals surface area contributed by atoms with E-state index < -0.39 is 0 Å². The van der Waals surface area contributed by atoms with Crippen LogP contribution in [-0.2, 0) is 16.0 Å². The van der Waals surface area contributed by atoms with Crippen LogP contribution < -0.4 is 10.6 Å². The predicted molar refractivity (Wildman–Crippen MR) is 80.1 cm³/mol.